The van der Waals surface area contributed by atoms with Crippen LogP contribution < -0.4 is 5.32 Å². The summed E-state index contributed by atoms with van der Waals surface area (Å²) in [6.45, 7) is 0.880. The molecule has 0 atom stereocenters. The molecule has 18 heavy (non-hydrogen) atoms. The monoisotopic (exact) mass is 281 g/mol. The van der Waals surface area contributed by atoms with Gasteiger partial charge in [0.1, 0.15) is 5.82 Å². The molecule has 0 unspecified atom stereocenters. The first-order valence-electron chi connectivity index (χ1n) is 6.00. The Morgan fingerprint density at radius 3 is 2.83 bits per heavy atom. The summed E-state index contributed by atoms with van der Waals surface area (Å²) in [5, 5.41) is 3.89. The Morgan fingerprint density at radius 2 is 2.11 bits per heavy atom. The maximum Gasteiger partial charge on any atom is 0.133 e. The van der Waals surface area contributed by atoms with Crippen molar-refractivity contribution in [1.29, 1.82) is 0 Å². The third-order valence-corrected chi connectivity index (χ3v) is 4.35. The Kier molecular flexibility index (Phi) is 3.37. The van der Waals surface area contributed by atoms with E-state index >= 15 is 0 Å². The van der Waals surface area contributed by atoms with Crippen molar-refractivity contribution in [1.82, 2.24) is 5.32 Å². The van der Waals surface area contributed by atoms with Crippen LogP contribution >= 0.6 is 22.9 Å². The topological polar surface area (TPSA) is 12.0 Å². The molecule has 2 aromatic rings. The Balaban J connectivity index is 1.78. The van der Waals surface area contributed by atoms with Gasteiger partial charge < -0.3 is 5.32 Å². The highest BCUT2D eigenvalue weighted by Gasteiger charge is 2.20. The van der Waals surface area contributed by atoms with Gasteiger partial charge in [-0.2, -0.15) is 0 Å². The third kappa shape index (κ3) is 2.74. The van der Waals surface area contributed by atoms with Crippen molar-refractivity contribution in [2.75, 3.05) is 0 Å². The van der Waals surface area contributed by atoms with E-state index in [9.17, 15) is 4.39 Å². The smallest absolute Gasteiger partial charge is 0.133 e. The van der Waals surface area contributed by atoms with Gasteiger partial charge in [-0.15, -0.1) is 11.3 Å². The summed E-state index contributed by atoms with van der Waals surface area (Å²) in [5.41, 5.74) is 0.627. The van der Waals surface area contributed by atoms with Crippen LogP contribution in [-0.4, -0.2) is 6.04 Å². The molecule has 0 spiro atoms. The number of benzene rings is 1. The fourth-order valence-corrected chi connectivity index (χ4v) is 2.98. The molecule has 1 nitrogen and oxygen atoms in total. The molecule has 1 aliphatic rings. The van der Waals surface area contributed by atoms with Crippen LogP contribution in [0.5, 0.6) is 0 Å². The molecule has 1 heterocycles. The van der Waals surface area contributed by atoms with Gasteiger partial charge in [0.25, 0.3) is 0 Å². The fourth-order valence-electron chi connectivity index (χ4n) is 1.84. The molecule has 0 saturated heterocycles. The van der Waals surface area contributed by atoms with E-state index in [1.165, 1.54) is 23.8 Å². The van der Waals surface area contributed by atoms with E-state index in [2.05, 4.69) is 11.4 Å². The first-order chi connectivity index (χ1) is 8.72. The van der Waals surface area contributed by atoms with E-state index in [1.54, 1.807) is 23.5 Å². The summed E-state index contributed by atoms with van der Waals surface area (Å²) in [4.78, 5) is 2.20. The normalized spacial score (nSPS) is 15.0. The summed E-state index contributed by atoms with van der Waals surface area (Å²) in [6.07, 6.45) is 2.56. The first-order valence-corrected chi connectivity index (χ1v) is 7.19. The largest absolute Gasteiger partial charge is 0.309 e. The van der Waals surface area contributed by atoms with Crippen molar-refractivity contribution in [3.63, 3.8) is 0 Å². The van der Waals surface area contributed by atoms with E-state index in [4.69, 9.17) is 11.6 Å². The molecule has 3 rings (SSSR count). The molecule has 1 N–H and O–H groups in total. The van der Waals surface area contributed by atoms with Gasteiger partial charge in [-0.25, -0.2) is 4.39 Å². The molecule has 4 heteroatoms. The van der Waals surface area contributed by atoms with E-state index in [0.29, 0.717) is 16.6 Å². The fraction of sp³-hybridized carbons (Fsp3) is 0.286. The summed E-state index contributed by atoms with van der Waals surface area (Å²) in [7, 11) is 0. The lowest BCUT2D eigenvalue weighted by molar-refractivity contribution is 0.632. The van der Waals surface area contributed by atoms with E-state index < -0.39 is 0 Å². The number of hydrogen-bond acceptors (Lipinski definition) is 2. The zero-order valence-corrected chi connectivity index (χ0v) is 11.3. The molecular weight excluding hydrogens is 269 g/mol. The van der Waals surface area contributed by atoms with Gasteiger partial charge in [-0.3, -0.25) is 0 Å². The average molecular weight is 282 g/mol. The second kappa shape index (κ2) is 5.00. The third-order valence-electron chi connectivity index (χ3n) is 3.00. The second-order valence-electron chi connectivity index (χ2n) is 4.55. The molecule has 0 amide bonds. The lowest BCUT2D eigenvalue weighted by atomic mass is 10.2. The Morgan fingerprint density at radius 1 is 1.28 bits per heavy atom. The molecule has 1 saturated carbocycles. The molecule has 1 aliphatic carbocycles. The van der Waals surface area contributed by atoms with Gasteiger partial charge in [0.15, 0.2) is 0 Å². The van der Waals surface area contributed by atoms with Gasteiger partial charge >= 0.3 is 0 Å². The van der Waals surface area contributed by atoms with Crippen LogP contribution in [0.25, 0.3) is 10.4 Å². The number of hydrogen-bond donors (Lipinski definition) is 1. The van der Waals surface area contributed by atoms with Gasteiger partial charge in [0.2, 0.25) is 0 Å². The highest BCUT2D eigenvalue weighted by molar-refractivity contribution is 7.15. The number of thiophene rings is 1. The second-order valence-corrected chi connectivity index (χ2v) is 6.15. The molecule has 1 fully saturated rings. The predicted molar refractivity (Wildman–Crippen MR) is 74.6 cm³/mol. The van der Waals surface area contributed by atoms with Crippen molar-refractivity contribution in [3.05, 3.63) is 46.0 Å². The number of nitrogens with one attached hydrogen (secondary N) is 1. The molecule has 0 radical (unpaired) electrons. The minimum Gasteiger partial charge on any atom is -0.309 e. The van der Waals surface area contributed by atoms with Crippen LogP contribution in [0.15, 0.2) is 30.3 Å². The minimum atomic E-state index is -0.258. The van der Waals surface area contributed by atoms with E-state index in [0.717, 1.165) is 11.4 Å². The summed E-state index contributed by atoms with van der Waals surface area (Å²) in [5.74, 6) is -0.258. The van der Waals surface area contributed by atoms with Gasteiger partial charge in [-0.05, 0) is 43.2 Å². The van der Waals surface area contributed by atoms with Gasteiger partial charge in [-0.1, -0.05) is 11.6 Å². The Hall–Kier alpha value is -0.900. The van der Waals surface area contributed by atoms with Crippen molar-refractivity contribution in [3.8, 4) is 10.4 Å². The summed E-state index contributed by atoms with van der Waals surface area (Å²) in [6, 6.07) is 9.55. The SMILES string of the molecule is Fc1cc(Cl)ccc1-c1ccc(CNC2CC2)s1. The molecule has 1 aromatic carbocycles. The van der Waals surface area contributed by atoms with Crippen LogP contribution in [0.4, 0.5) is 4.39 Å². The minimum absolute atomic E-state index is 0.258. The summed E-state index contributed by atoms with van der Waals surface area (Å²) >= 11 is 7.38. The highest BCUT2D eigenvalue weighted by atomic mass is 35.5. The Labute approximate surface area is 115 Å². The average Bonchev–Trinajstić information content (AvgIpc) is 3.05. The van der Waals surface area contributed by atoms with E-state index in [-0.39, 0.29) is 5.82 Å². The molecule has 94 valence electrons. The summed E-state index contributed by atoms with van der Waals surface area (Å²) < 4.78 is 13.8. The van der Waals surface area contributed by atoms with Gasteiger partial charge in [0, 0.05) is 32.9 Å². The number of halogens is 2. The van der Waals surface area contributed by atoms with Crippen molar-refractivity contribution in [2.24, 2.45) is 0 Å². The lowest BCUT2D eigenvalue weighted by Gasteiger charge is -2.01. The lowest BCUT2D eigenvalue weighted by Crippen LogP contribution is -2.14. The van der Waals surface area contributed by atoms with Crippen molar-refractivity contribution >= 4 is 22.9 Å². The van der Waals surface area contributed by atoms with Crippen molar-refractivity contribution < 1.29 is 4.39 Å². The van der Waals surface area contributed by atoms with E-state index in [1.807, 2.05) is 6.07 Å². The zero-order valence-electron chi connectivity index (χ0n) is 9.75. The first kappa shape index (κ1) is 12.2. The molecule has 1 aromatic heterocycles. The van der Waals surface area contributed by atoms with Crippen LogP contribution in [0.3, 0.4) is 0 Å². The highest BCUT2D eigenvalue weighted by Crippen LogP contribution is 2.31. The standard InChI is InChI=1S/C14H13ClFNS/c15-9-1-5-12(13(16)7-9)14-6-4-11(18-14)8-17-10-2-3-10/h1,4-7,10,17H,2-3,8H2. The predicted octanol–water partition coefficient (Wildman–Crippen LogP) is 4.46. The maximum atomic E-state index is 13.8. The van der Waals surface area contributed by atoms with Crippen LogP contribution in [0.2, 0.25) is 5.02 Å². The Bertz CT molecular complexity index is 563. The molecule has 0 aliphatic heterocycles. The van der Waals surface area contributed by atoms with Crippen LogP contribution in [-0.2, 0) is 6.54 Å². The maximum absolute atomic E-state index is 13.8. The van der Waals surface area contributed by atoms with Crippen LogP contribution in [0, 0.1) is 5.82 Å². The molecular formula is C14H13ClFNS. The van der Waals surface area contributed by atoms with Crippen LogP contribution in [0.1, 0.15) is 17.7 Å². The number of rotatable bonds is 4. The zero-order chi connectivity index (χ0) is 12.5. The van der Waals surface area contributed by atoms with Crippen molar-refractivity contribution in [2.45, 2.75) is 25.4 Å². The quantitative estimate of drug-likeness (QED) is 0.872. The molecule has 0 bridgehead atoms. The van der Waals surface area contributed by atoms with Gasteiger partial charge in [0.05, 0.1) is 0 Å².